The van der Waals surface area contributed by atoms with E-state index in [1.54, 1.807) is 0 Å². The Balaban J connectivity index is 1.62. The predicted octanol–water partition coefficient (Wildman–Crippen LogP) is 5.27. The predicted molar refractivity (Wildman–Crippen MR) is 101 cm³/mol. The summed E-state index contributed by atoms with van der Waals surface area (Å²) in [5.74, 6) is -2.42. The molecule has 1 fully saturated rings. The molecular weight excluding hydrogens is 366 g/mol. The van der Waals surface area contributed by atoms with Crippen LogP contribution in [0.1, 0.15) is 49.7 Å². The molecule has 0 amide bonds. The zero-order valence-corrected chi connectivity index (χ0v) is 15.6. The second kappa shape index (κ2) is 9.53. The molecule has 0 bridgehead atoms. The molecule has 0 spiro atoms. The van der Waals surface area contributed by atoms with E-state index in [9.17, 15) is 13.6 Å². The number of aliphatic carboxylic acids is 1. The summed E-state index contributed by atoms with van der Waals surface area (Å²) in [6.07, 6.45) is 5.79. The highest BCUT2D eigenvalue weighted by molar-refractivity contribution is 5.67. The van der Waals surface area contributed by atoms with Crippen molar-refractivity contribution in [1.29, 1.82) is 0 Å². The highest BCUT2D eigenvalue weighted by Crippen LogP contribution is 2.27. The third-order valence-electron chi connectivity index (χ3n) is 4.82. The number of hydrogen-bond acceptors (Lipinski definition) is 3. The van der Waals surface area contributed by atoms with Gasteiger partial charge in [-0.25, -0.2) is 8.78 Å². The van der Waals surface area contributed by atoms with E-state index >= 15 is 0 Å². The molecule has 0 heterocycles. The first-order valence-corrected chi connectivity index (χ1v) is 9.59. The lowest BCUT2D eigenvalue weighted by molar-refractivity contribution is -0.136. The van der Waals surface area contributed by atoms with E-state index < -0.39 is 23.4 Å². The number of hydrogen-bond donors (Lipinski definition) is 1. The maximum Gasteiger partial charge on any atom is 0.303 e. The summed E-state index contributed by atoms with van der Waals surface area (Å²) < 4.78 is 39.7. The van der Waals surface area contributed by atoms with Gasteiger partial charge in [0.05, 0.1) is 6.10 Å². The molecule has 3 rings (SSSR count). The fraction of sp³-hybridized carbons (Fsp3) is 0.409. The second-order valence-electron chi connectivity index (χ2n) is 7.10. The normalized spacial score (nSPS) is 14.6. The van der Waals surface area contributed by atoms with E-state index in [1.807, 2.05) is 24.3 Å². The van der Waals surface area contributed by atoms with Gasteiger partial charge in [-0.05, 0) is 67.5 Å². The van der Waals surface area contributed by atoms with Gasteiger partial charge in [0.2, 0.25) is 0 Å². The first kappa shape index (κ1) is 20.1. The van der Waals surface area contributed by atoms with E-state index in [0.29, 0.717) is 0 Å². The molecule has 1 aliphatic rings. The lowest BCUT2D eigenvalue weighted by Crippen LogP contribution is -2.19. The van der Waals surface area contributed by atoms with Gasteiger partial charge in [-0.15, -0.1) is 0 Å². The fourth-order valence-corrected chi connectivity index (χ4v) is 3.39. The van der Waals surface area contributed by atoms with Gasteiger partial charge in [0, 0.05) is 6.42 Å². The number of aryl methyl sites for hydroxylation is 1. The van der Waals surface area contributed by atoms with Crippen LogP contribution in [0.4, 0.5) is 8.78 Å². The summed E-state index contributed by atoms with van der Waals surface area (Å²) in [5, 5.41) is 8.68. The molecule has 1 saturated carbocycles. The molecule has 0 atom stereocenters. The largest absolute Gasteiger partial charge is 0.490 e. The lowest BCUT2D eigenvalue weighted by Gasteiger charge is -2.23. The first-order chi connectivity index (χ1) is 13.5. The van der Waals surface area contributed by atoms with Gasteiger partial charge >= 0.3 is 5.97 Å². The number of halogens is 2. The van der Waals surface area contributed by atoms with Crippen LogP contribution in [0.25, 0.3) is 0 Å². The van der Waals surface area contributed by atoms with Crippen LogP contribution < -0.4 is 9.47 Å². The zero-order valence-electron chi connectivity index (χ0n) is 15.6. The minimum absolute atomic E-state index is 0.00415. The van der Waals surface area contributed by atoms with Crippen molar-refractivity contribution in [3.8, 4) is 11.5 Å². The Morgan fingerprint density at radius 2 is 1.75 bits per heavy atom. The van der Waals surface area contributed by atoms with Crippen LogP contribution in [0.2, 0.25) is 0 Å². The minimum atomic E-state index is -1.02. The summed E-state index contributed by atoms with van der Waals surface area (Å²) in [5.41, 5.74) is 1.04. The zero-order chi connectivity index (χ0) is 19.9. The quantitative estimate of drug-likeness (QED) is 0.667. The first-order valence-electron chi connectivity index (χ1n) is 9.59. The Morgan fingerprint density at radius 3 is 2.43 bits per heavy atom. The fourth-order valence-electron chi connectivity index (χ4n) is 3.39. The molecule has 150 valence electrons. The van der Waals surface area contributed by atoms with Gasteiger partial charge in [0.1, 0.15) is 12.4 Å². The van der Waals surface area contributed by atoms with Crippen molar-refractivity contribution in [2.75, 3.05) is 0 Å². The number of ether oxygens (including phenoxy) is 2. The van der Waals surface area contributed by atoms with Crippen LogP contribution in [0.5, 0.6) is 11.5 Å². The number of carboxylic acids is 1. The van der Waals surface area contributed by atoms with Crippen LogP contribution in [-0.2, 0) is 17.8 Å². The van der Waals surface area contributed by atoms with Gasteiger partial charge in [-0.3, -0.25) is 4.79 Å². The second-order valence-corrected chi connectivity index (χ2v) is 7.10. The molecule has 0 aromatic heterocycles. The van der Waals surface area contributed by atoms with Crippen molar-refractivity contribution >= 4 is 5.97 Å². The Kier molecular flexibility index (Phi) is 6.85. The topological polar surface area (TPSA) is 55.8 Å². The summed E-state index contributed by atoms with van der Waals surface area (Å²) in [6, 6.07) is 9.57. The van der Waals surface area contributed by atoms with E-state index in [1.165, 1.54) is 19.3 Å². The molecule has 1 aliphatic carbocycles. The third kappa shape index (κ3) is 5.68. The van der Waals surface area contributed by atoms with E-state index in [0.717, 1.165) is 36.3 Å². The highest BCUT2D eigenvalue weighted by atomic mass is 19.1. The van der Waals surface area contributed by atoms with Gasteiger partial charge in [-0.1, -0.05) is 18.6 Å². The van der Waals surface area contributed by atoms with Crippen molar-refractivity contribution in [3.63, 3.8) is 0 Å². The van der Waals surface area contributed by atoms with Crippen molar-refractivity contribution in [1.82, 2.24) is 0 Å². The van der Waals surface area contributed by atoms with Crippen molar-refractivity contribution in [2.24, 2.45) is 0 Å². The number of carbonyl (C=O) groups is 1. The monoisotopic (exact) mass is 390 g/mol. The van der Waals surface area contributed by atoms with Gasteiger partial charge in [0.25, 0.3) is 0 Å². The molecule has 1 N–H and O–H groups in total. The smallest absolute Gasteiger partial charge is 0.303 e. The van der Waals surface area contributed by atoms with Crippen molar-refractivity contribution < 1.29 is 28.2 Å². The maximum absolute atomic E-state index is 14.2. The average molecular weight is 390 g/mol. The van der Waals surface area contributed by atoms with Gasteiger partial charge in [0.15, 0.2) is 17.4 Å². The lowest BCUT2D eigenvalue weighted by atomic mass is 9.98. The van der Waals surface area contributed by atoms with Crippen molar-refractivity contribution in [2.45, 2.75) is 57.7 Å². The Morgan fingerprint density at radius 1 is 1.04 bits per heavy atom. The minimum Gasteiger partial charge on any atom is -0.490 e. The molecular formula is C22H24F2O4. The number of benzene rings is 2. The molecule has 2 aromatic carbocycles. The molecule has 28 heavy (non-hydrogen) atoms. The maximum atomic E-state index is 14.2. The molecule has 2 aromatic rings. The third-order valence-corrected chi connectivity index (χ3v) is 4.82. The van der Waals surface area contributed by atoms with Crippen LogP contribution in [0.3, 0.4) is 0 Å². The Bertz CT molecular complexity index is 793. The number of carboxylic acid groups (broad SMARTS) is 1. The van der Waals surface area contributed by atoms with Crippen LogP contribution in [0, 0.1) is 11.6 Å². The Hall–Kier alpha value is -2.63. The van der Waals surface area contributed by atoms with Crippen LogP contribution in [0.15, 0.2) is 36.4 Å². The molecule has 0 saturated heterocycles. The molecule has 0 unspecified atom stereocenters. The highest BCUT2D eigenvalue weighted by Gasteiger charge is 2.16. The van der Waals surface area contributed by atoms with Crippen LogP contribution >= 0.6 is 0 Å². The SMILES string of the molecule is O=C(O)CCc1cc(F)c(OCc2cccc(OC3CCCCC3)c2)c(F)c1. The van der Waals surface area contributed by atoms with Gasteiger partial charge < -0.3 is 14.6 Å². The number of rotatable bonds is 8. The van der Waals surface area contributed by atoms with Crippen molar-refractivity contribution in [3.05, 3.63) is 59.2 Å². The molecule has 0 aliphatic heterocycles. The summed E-state index contributed by atoms with van der Waals surface area (Å²) in [4.78, 5) is 10.6. The van der Waals surface area contributed by atoms with E-state index in [4.69, 9.17) is 14.6 Å². The van der Waals surface area contributed by atoms with Crippen LogP contribution in [-0.4, -0.2) is 17.2 Å². The Labute approximate surface area is 163 Å². The molecule has 4 nitrogen and oxygen atoms in total. The van der Waals surface area contributed by atoms with E-state index in [2.05, 4.69) is 0 Å². The van der Waals surface area contributed by atoms with E-state index in [-0.39, 0.29) is 31.1 Å². The average Bonchev–Trinajstić information content (AvgIpc) is 2.67. The standard InChI is InChI=1S/C22H24F2O4/c23-19-12-15(9-10-21(25)26)13-20(24)22(19)27-14-16-5-4-8-18(11-16)28-17-6-2-1-3-7-17/h4-5,8,11-13,17H,1-3,6-7,9-10,14H2,(H,25,26). The summed E-state index contributed by atoms with van der Waals surface area (Å²) in [6.45, 7) is 0.00415. The summed E-state index contributed by atoms with van der Waals surface area (Å²) in [7, 11) is 0. The molecule has 6 heteroatoms. The molecule has 0 radical (unpaired) electrons. The summed E-state index contributed by atoms with van der Waals surface area (Å²) >= 11 is 0. The van der Waals surface area contributed by atoms with Gasteiger partial charge in [-0.2, -0.15) is 0 Å².